The van der Waals surface area contributed by atoms with Crippen LogP contribution in [0.5, 0.6) is 0 Å². The molecule has 2 N–H and O–H groups in total. The van der Waals surface area contributed by atoms with E-state index in [9.17, 15) is 4.39 Å². The molecule has 2 nitrogen and oxygen atoms in total. The predicted octanol–water partition coefficient (Wildman–Crippen LogP) is 4.85. The monoisotopic (exact) mass is 304 g/mol. The number of benzene rings is 2. The second-order valence-electron chi connectivity index (χ2n) is 4.25. The van der Waals surface area contributed by atoms with Crippen LogP contribution in [0, 0.1) is 5.82 Å². The van der Waals surface area contributed by atoms with Gasteiger partial charge in [-0.25, -0.2) is 9.37 Å². The van der Waals surface area contributed by atoms with Crippen molar-refractivity contribution in [2.24, 2.45) is 0 Å². The molecular weight excluding hydrogens is 295 g/mol. The van der Waals surface area contributed by atoms with E-state index in [1.165, 1.54) is 23.5 Å². The van der Waals surface area contributed by atoms with Crippen molar-refractivity contribution in [3.63, 3.8) is 0 Å². The molecule has 3 rings (SSSR count). The Labute approximate surface area is 124 Å². The average Bonchev–Trinajstić information content (AvgIpc) is 2.88. The topological polar surface area (TPSA) is 38.9 Å². The highest BCUT2D eigenvalue weighted by Gasteiger charge is 2.11. The van der Waals surface area contributed by atoms with E-state index in [1.54, 1.807) is 6.07 Å². The fourth-order valence-electron chi connectivity index (χ4n) is 1.91. The quantitative estimate of drug-likeness (QED) is 0.687. The Hall–Kier alpha value is -1.91. The number of nitrogen functional groups attached to an aromatic ring is 1. The third-order valence-electron chi connectivity index (χ3n) is 2.90. The van der Waals surface area contributed by atoms with E-state index in [2.05, 4.69) is 4.98 Å². The van der Waals surface area contributed by atoms with Crippen LogP contribution < -0.4 is 5.73 Å². The fraction of sp³-hybridized carbons (Fsp3) is 0. The normalized spacial score (nSPS) is 10.7. The number of hydrogen-bond donors (Lipinski definition) is 1. The van der Waals surface area contributed by atoms with Gasteiger partial charge in [0.2, 0.25) is 0 Å². The summed E-state index contributed by atoms with van der Waals surface area (Å²) in [6, 6.07) is 11.8. The maximum Gasteiger partial charge on any atom is 0.125 e. The number of nitrogens with zero attached hydrogens (tertiary/aromatic N) is 1. The van der Waals surface area contributed by atoms with Crippen molar-refractivity contribution in [1.82, 2.24) is 4.98 Å². The van der Waals surface area contributed by atoms with Gasteiger partial charge in [0.15, 0.2) is 0 Å². The second-order valence-corrected chi connectivity index (χ2v) is 5.51. The van der Waals surface area contributed by atoms with E-state index in [1.807, 2.05) is 29.6 Å². The van der Waals surface area contributed by atoms with Gasteiger partial charge in [-0.05, 0) is 24.3 Å². The van der Waals surface area contributed by atoms with Crippen LogP contribution in [0.25, 0.3) is 21.8 Å². The summed E-state index contributed by atoms with van der Waals surface area (Å²) in [5.41, 5.74) is 9.01. The summed E-state index contributed by atoms with van der Waals surface area (Å²) in [5, 5.41) is 3.01. The summed E-state index contributed by atoms with van der Waals surface area (Å²) in [6.07, 6.45) is 0. The molecule has 0 unspecified atom stereocenters. The smallest absolute Gasteiger partial charge is 0.125 e. The molecule has 2 aromatic carbocycles. The van der Waals surface area contributed by atoms with Crippen LogP contribution >= 0.6 is 22.9 Å². The van der Waals surface area contributed by atoms with E-state index >= 15 is 0 Å². The van der Waals surface area contributed by atoms with Gasteiger partial charge in [0, 0.05) is 22.2 Å². The largest absolute Gasteiger partial charge is 0.398 e. The molecule has 0 saturated carbocycles. The summed E-state index contributed by atoms with van der Waals surface area (Å²) < 4.78 is 13.1. The SMILES string of the molecule is Nc1ccccc1-c1csc(-c2ccc(F)cc2Cl)n1. The van der Waals surface area contributed by atoms with Gasteiger partial charge in [-0.2, -0.15) is 0 Å². The summed E-state index contributed by atoms with van der Waals surface area (Å²) in [7, 11) is 0. The van der Waals surface area contributed by atoms with Crippen LogP contribution in [0.1, 0.15) is 0 Å². The van der Waals surface area contributed by atoms with Gasteiger partial charge in [0.25, 0.3) is 0 Å². The molecule has 0 bridgehead atoms. The molecule has 0 atom stereocenters. The highest BCUT2D eigenvalue weighted by atomic mass is 35.5. The molecule has 3 aromatic rings. The van der Waals surface area contributed by atoms with E-state index in [0.29, 0.717) is 10.7 Å². The van der Waals surface area contributed by atoms with Crippen LogP contribution in [0.3, 0.4) is 0 Å². The third kappa shape index (κ3) is 2.40. The van der Waals surface area contributed by atoms with Crippen molar-refractivity contribution in [2.75, 3.05) is 5.73 Å². The first kappa shape index (κ1) is 13.1. The minimum absolute atomic E-state index is 0.354. The molecular formula is C15H10ClFN2S. The van der Waals surface area contributed by atoms with Crippen LogP contribution in [0.15, 0.2) is 47.8 Å². The highest BCUT2D eigenvalue weighted by Crippen LogP contribution is 2.34. The van der Waals surface area contributed by atoms with Crippen LogP contribution in [0.4, 0.5) is 10.1 Å². The van der Waals surface area contributed by atoms with Crippen LogP contribution in [0.2, 0.25) is 5.02 Å². The Kier molecular flexibility index (Phi) is 3.42. The summed E-state index contributed by atoms with van der Waals surface area (Å²) in [5.74, 6) is -0.358. The zero-order valence-corrected chi connectivity index (χ0v) is 11.9. The minimum Gasteiger partial charge on any atom is -0.398 e. The van der Waals surface area contributed by atoms with Crippen LogP contribution in [-0.4, -0.2) is 4.98 Å². The molecule has 0 aliphatic rings. The van der Waals surface area contributed by atoms with Gasteiger partial charge < -0.3 is 5.73 Å². The Bertz CT molecular complexity index is 770. The second kappa shape index (κ2) is 5.23. The van der Waals surface area contributed by atoms with E-state index < -0.39 is 0 Å². The molecule has 0 saturated heterocycles. The molecule has 100 valence electrons. The molecule has 5 heteroatoms. The average molecular weight is 305 g/mol. The van der Waals surface area contributed by atoms with Crippen LogP contribution in [-0.2, 0) is 0 Å². The predicted molar refractivity (Wildman–Crippen MR) is 82.4 cm³/mol. The first-order chi connectivity index (χ1) is 9.65. The minimum atomic E-state index is -0.358. The summed E-state index contributed by atoms with van der Waals surface area (Å²) >= 11 is 7.51. The Morgan fingerprint density at radius 1 is 1.10 bits per heavy atom. The molecule has 0 fully saturated rings. The summed E-state index contributed by atoms with van der Waals surface area (Å²) in [6.45, 7) is 0. The van der Waals surface area contributed by atoms with E-state index in [0.717, 1.165) is 21.8 Å². The summed E-state index contributed by atoms with van der Waals surface area (Å²) in [4.78, 5) is 4.53. The molecule has 0 amide bonds. The molecule has 0 aliphatic carbocycles. The molecule has 20 heavy (non-hydrogen) atoms. The van der Waals surface area contributed by atoms with E-state index in [-0.39, 0.29) is 5.82 Å². The van der Waals surface area contributed by atoms with Crippen molar-refractivity contribution in [3.8, 4) is 21.8 Å². The standard InChI is InChI=1S/C15H10ClFN2S/c16-12-7-9(17)5-6-10(12)15-19-14(8-20-15)11-3-1-2-4-13(11)18/h1-8H,18H2. The first-order valence-electron chi connectivity index (χ1n) is 5.91. The van der Waals surface area contributed by atoms with Gasteiger partial charge in [0.05, 0.1) is 10.7 Å². The molecule has 1 heterocycles. The molecule has 0 spiro atoms. The van der Waals surface area contributed by atoms with Crippen molar-refractivity contribution >= 4 is 28.6 Å². The van der Waals surface area contributed by atoms with Gasteiger partial charge in [-0.1, -0.05) is 29.8 Å². The lowest BCUT2D eigenvalue weighted by atomic mass is 10.1. The Morgan fingerprint density at radius 2 is 1.90 bits per heavy atom. The first-order valence-corrected chi connectivity index (χ1v) is 7.17. The zero-order valence-electron chi connectivity index (χ0n) is 10.3. The third-order valence-corrected chi connectivity index (χ3v) is 4.09. The van der Waals surface area contributed by atoms with Gasteiger partial charge in [-0.15, -0.1) is 11.3 Å². The Morgan fingerprint density at radius 3 is 2.65 bits per heavy atom. The maximum absolute atomic E-state index is 13.1. The molecule has 1 aromatic heterocycles. The van der Waals surface area contributed by atoms with Crippen molar-refractivity contribution in [3.05, 3.63) is 58.7 Å². The van der Waals surface area contributed by atoms with Gasteiger partial charge >= 0.3 is 0 Å². The molecule has 0 radical (unpaired) electrons. The van der Waals surface area contributed by atoms with Crippen molar-refractivity contribution in [1.29, 1.82) is 0 Å². The maximum atomic E-state index is 13.1. The Balaban J connectivity index is 2.04. The van der Waals surface area contributed by atoms with Crippen molar-refractivity contribution < 1.29 is 4.39 Å². The van der Waals surface area contributed by atoms with E-state index in [4.69, 9.17) is 17.3 Å². The molecule has 0 aliphatic heterocycles. The number of nitrogens with two attached hydrogens (primary N) is 1. The lowest BCUT2D eigenvalue weighted by Gasteiger charge is -2.02. The zero-order chi connectivity index (χ0) is 14.1. The highest BCUT2D eigenvalue weighted by molar-refractivity contribution is 7.13. The number of anilines is 1. The number of thiazole rings is 1. The number of aromatic nitrogens is 1. The number of rotatable bonds is 2. The lowest BCUT2D eigenvalue weighted by molar-refractivity contribution is 0.628. The number of hydrogen-bond acceptors (Lipinski definition) is 3. The van der Waals surface area contributed by atoms with Gasteiger partial charge in [0.1, 0.15) is 10.8 Å². The van der Waals surface area contributed by atoms with Gasteiger partial charge in [-0.3, -0.25) is 0 Å². The lowest BCUT2D eigenvalue weighted by Crippen LogP contribution is -1.89. The number of halogens is 2. The van der Waals surface area contributed by atoms with Crippen molar-refractivity contribution in [2.45, 2.75) is 0 Å². The number of para-hydroxylation sites is 1. The fourth-order valence-corrected chi connectivity index (χ4v) is 3.09.